The lowest BCUT2D eigenvalue weighted by Crippen LogP contribution is -2.29. The van der Waals surface area contributed by atoms with Gasteiger partial charge in [0.2, 0.25) is 0 Å². The first-order valence-corrected chi connectivity index (χ1v) is 8.90. The topological polar surface area (TPSA) is 68.5 Å². The van der Waals surface area contributed by atoms with Crippen molar-refractivity contribution in [2.45, 2.75) is 38.5 Å². The molecule has 0 amide bonds. The Morgan fingerprint density at radius 1 is 1.31 bits per heavy atom. The normalized spacial score (nSPS) is 17.6. The van der Waals surface area contributed by atoms with Crippen molar-refractivity contribution < 1.29 is 18.8 Å². The van der Waals surface area contributed by atoms with E-state index < -0.39 is 0 Å². The lowest BCUT2D eigenvalue weighted by Gasteiger charge is -2.23. The molecule has 0 bridgehead atoms. The van der Waals surface area contributed by atoms with Gasteiger partial charge in [-0.1, -0.05) is 37.6 Å². The minimum atomic E-state index is -0.219. The van der Waals surface area contributed by atoms with Crippen molar-refractivity contribution in [2.24, 2.45) is 0 Å². The molecule has 2 aromatic rings. The van der Waals surface area contributed by atoms with E-state index in [2.05, 4.69) is 12.1 Å². The number of para-hydroxylation sites is 1. The van der Waals surface area contributed by atoms with Crippen molar-refractivity contribution in [3.8, 4) is 0 Å². The Kier molecular flexibility index (Phi) is 5.68. The third-order valence-corrected chi connectivity index (χ3v) is 4.47. The van der Waals surface area contributed by atoms with E-state index in [1.165, 1.54) is 0 Å². The van der Waals surface area contributed by atoms with Gasteiger partial charge in [0.25, 0.3) is 0 Å². The molecule has 1 N–H and O–H groups in total. The molecule has 1 heterocycles. The third kappa shape index (κ3) is 3.78. The number of ketones is 2. The smallest absolute Gasteiger partial charge is 0.169 e. The number of nitrogens with one attached hydrogen (secondary N) is 1. The molecule has 1 aromatic carbocycles. The van der Waals surface area contributed by atoms with Crippen molar-refractivity contribution in [3.05, 3.63) is 60.0 Å². The number of carbonyl (C=O) groups is 2. The molecule has 0 saturated heterocycles. The summed E-state index contributed by atoms with van der Waals surface area (Å²) < 4.78 is 5.85. The van der Waals surface area contributed by atoms with Gasteiger partial charge in [-0.15, -0.1) is 6.58 Å². The van der Waals surface area contributed by atoms with Crippen LogP contribution in [0.4, 0.5) is 0 Å². The van der Waals surface area contributed by atoms with E-state index in [0.29, 0.717) is 24.5 Å². The molecule has 0 unspecified atom stereocenters. The summed E-state index contributed by atoms with van der Waals surface area (Å²) in [6.07, 6.45) is 3.51. The quantitative estimate of drug-likeness (QED) is 0.265. The first kappa shape index (κ1) is 18.1. The fourth-order valence-electron chi connectivity index (χ4n) is 3.29. The minimum absolute atomic E-state index is 0.162. The summed E-state index contributed by atoms with van der Waals surface area (Å²) in [5.74, 6) is 0.151. The summed E-state index contributed by atoms with van der Waals surface area (Å²) in [4.78, 5) is 30.7. The number of Topliss-reactive ketones (excluding diaryl/α,β-unsaturated/α-hetero) is 2. The largest absolute Gasteiger partial charge is 0.461 e. The van der Waals surface area contributed by atoms with Crippen LogP contribution in [0.3, 0.4) is 0 Å². The molecule has 1 saturated carbocycles. The highest BCUT2D eigenvalue weighted by Crippen LogP contribution is 2.35. The van der Waals surface area contributed by atoms with Gasteiger partial charge in [-0.05, 0) is 18.6 Å². The number of rotatable bonds is 7. The maximum atomic E-state index is 12.7. The van der Waals surface area contributed by atoms with E-state index in [0.717, 1.165) is 17.4 Å². The van der Waals surface area contributed by atoms with Crippen LogP contribution in [0.5, 0.6) is 0 Å². The second-order valence-corrected chi connectivity index (χ2v) is 6.44. The summed E-state index contributed by atoms with van der Waals surface area (Å²) in [5, 5.41) is 0.981. The number of fused-ring (bicyclic) bond motifs is 1. The summed E-state index contributed by atoms with van der Waals surface area (Å²) in [6, 6.07) is 9.61. The van der Waals surface area contributed by atoms with Gasteiger partial charge in [-0.2, -0.15) is 0 Å². The number of benzene rings is 1. The molecule has 5 heteroatoms. The van der Waals surface area contributed by atoms with E-state index in [-0.39, 0.29) is 35.9 Å². The molecule has 1 aliphatic carbocycles. The zero-order valence-corrected chi connectivity index (χ0v) is 14.9. The first-order valence-electron chi connectivity index (χ1n) is 8.90. The third-order valence-electron chi connectivity index (χ3n) is 4.47. The highest BCUT2D eigenvalue weighted by Gasteiger charge is 2.35. The Morgan fingerprint density at radius 2 is 2.04 bits per heavy atom. The Balaban J connectivity index is 1.83. The molecule has 1 aromatic heterocycles. The second kappa shape index (κ2) is 8.15. The van der Waals surface area contributed by atoms with E-state index in [9.17, 15) is 9.59 Å². The van der Waals surface area contributed by atoms with Crippen molar-refractivity contribution in [2.75, 3.05) is 6.61 Å². The standard InChI is InChI=1S/C21H23NO4/c1-3-7-16(22-25-10-4-2)21-17(23)11-15(12-18(21)24)20-13-14-8-5-6-9-19(14)26-20/h4-6,8-9,13,15,22H,2-3,7,10-12H2,1H3. The van der Waals surface area contributed by atoms with Crippen LogP contribution in [0.15, 0.2) is 58.7 Å². The van der Waals surface area contributed by atoms with E-state index >= 15 is 0 Å². The summed E-state index contributed by atoms with van der Waals surface area (Å²) in [5.41, 5.74) is 4.35. The Morgan fingerprint density at radius 3 is 2.69 bits per heavy atom. The number of hydrogen-bond acceptors (Lipinski definition) is 5. The van der Waals surface area contributed by atoms with Gasteiger partial charge in [-0.25, -0.2) is 0 Å². The van der Waals surface area contributed by atoms with Gasteiger partial charge in [0.05, 0.1) is 17.9 Å². The van der Waals surface area contributed by atoms with Crippen LogP contribution in [0.1, 0.15) is 44.3 Å². The zero-order valence-electron chi connectivity index (χ0n) is 14.9. The molecule has 0 atom stereocenters. The lowest BCUT2D eigenvalue weighted by atomic mass is 9.81. The number of hydroxylamine groups is 1. The molecule has 0 spiro atoms. The molecule has 26 heavy (non-hydrogen) atoms. The molecule has 1 fully saturated rings. The Hall–Kier alpha value is -2.66. The Labute approximate surface area is 152 Å². The van der Waals surface area contributed by atoms with Crippen molar-refractivity contribution >= 4 is 22.5 Å². The van der Waals surface area contributed by atoms with Crippen LogP contribution >= 0.6 is 0 Å². The maximum Gasteiger partial charge on any atom is 0.169 e. The lowest BCUT2D eigenvalue weighted by molar-refractivity contribution is -0.124. The molecule has 0 aliphatic heterocycles. The Bertz CT molecular complexity index is 809. The first-order chi connectivity index (χ1) is 12.6. The van der Waals surface area contributed by atoms with E-state index in [4.69, 9.17) is 9.25 Å². The highest BCUT2D eigenvalue weighted by molar-refractivity contribution is 6.22. The van der Waals surface area contributed by atoms with Gasteiger partial charge < -0.3 is 4.42 Å². The molecule has 3 rings (SSSR count). The molecule has 5 nitrogen and oxygen atoms in total. The van der Waals surface area contributed by atoms with Gasteiger partial charge in [0.1, 0.15) is 11.3 Å². The van der Waals surface area contributed by atoms with Crippen molar-refractivity contribution in [1.82, 2.24) is 5.48 Å². The van der Waals surface area contributed by atoms with Crippen LogP contribution in [-0.2, 0) is 14.4 Å². The SMILES string of the molecule is C=CCONC(CCC)=C1C(=O)CC(c2cc3ccccc3o2)CC1=O. The van der Waals surface area contributed by atoms with Crippen LogP contribution < -0.4 is 5.48 Å². The average Bonchev–Trinajstić information content (AvgIpc) is 3.05. The van der Waals surface area contributed by atoms with E-state index in [1.54, 1.807) is 6.08 Å². The van der Waals surface area contributed by atoms with E-state index in [1.807, 2.05) is 37.3 Å². The van der Waals surface area contributed by atoms with Crippen LogP contribution in [0.25, 0.3) is 11.0 Å². The fourth-order valence-corrected chi connectivity index (χ4v) is 3.29. The summed E-state index contributed by atoms with van der Waals surface area (Å²) >= 11 is 0. The minimum Gasteiger partial charge on any atom is -0.461 e. The number of allylic oxidation sites excluding steroid dienone is 2. The van der Waals surface area contributed by atoms with Gasteiger partial charge in [0, 0.05) is 24.1 Å². The number of carbonyl (C=O) groups excluding carboxylic acids is 2. The monoisotopic (exact) mass is 353 g/mol. The fraction of sp³-hybridized carbons (Fsp3) is 0.333. The predicted octanol–water partition coefficient (Wildman–Crippen LogP) is 4.21. The van der Waals surface area contributed by atoms with Gasteiger partial charge in [-0.3, -0.25) is 19.9 Å². The molecule has 136 valence electrons. The highest BCUT2D eigenvalue weighted by atomic mass is 16.6. The molecular weight excluding hydrogens is 330 g/mol. The maximum absolute atomic E-state index is 12.7. The van der Waals surface area contributed by atoms with Crippen LogP contribution in [-0.4, -0.2) is 18.2 Å². The molecular formula is C21H23NO4. The zero-order chi connectivity index (χ0) is 18.5. The number of furan rings is 1. The number of hydrogen-bond donors (Lipinski definition) is 1. The van der Waals surface area contributed by atoms with Crippen LogP contribution in [0.2, 0.25) is 0 Å². The van der Waals surface area contributed by atoms with Crippen molar-refractivity contribution in [1.29, 1.82) is 0 Å². The van der Waals surface area contributed by atoms with Gasteiger partial charge >= 0.3 is 0 Å². The predicted molar refractivity (Wildman–Crippen MR) is 99.4 cm³/mol. The van der Waals surface area contributed by atoms with Crippen LogP contribution in [0, 0.1) is 0 Å². The van der Waals surface area contributed by atoms with Gasteiger partial charge in [0.15, 0.2) is 11.6 Å². The summed E-state index contributed by atoms with van der Waals surface area (Å²) in [7, 11) is 0. The second-order valence-electron chi connectivity index (χ2n) is 6.44. The molecule has 0 radical (unpaired) electrons. The average molecular weight is 353 g/mol. The molecule has 1 aliphatic rings. The van der Waals surface area contributed by atoms with Crippen molar-refractivity contribution in [3.63, 3.8) is 0 Å². The summed E-state index contributed by atoms with van der Waals surface area (Å²) in [6.45, 7) is 5.87.